The van der Waals surface area contributed by atoms with E-state index in [1.165, 1.54) is 12.1 Å². The number of thioether (sulfide) groups is 1. The van der Waals surface area contributed by atoms with Crippen LogP contribution in [0.15, 0.2) is 53.4 Å². The van der Waals surface area contributed by atoms with Crippen molar-refractivity contribution in [2.45, 2.75) is 11.3 Å². The van der Waals surface area contributed by atoms with Crippen LogP contribution in [0, 0.1) is 10.1 Å². The molecule has 0 spiro atoms. The number of nitrogens with zero attached hydrogens (tertiary/aromatic N) is 1. The Hall–Kier alpha value is -2.34. The highest BCUT2D eigenvalue weighted by Gasteiger charge is 2.05. The molecule has 0 unspecified atom stereocenters. The van der Waals surface area contributed by atoms with Gasteiger partial charge in [-0.3, -0.25) is 10.1 Å². The number of rotatable bonds is 6. The Kier molecular flexibility index (Phi) is 4.94. The van der Waals surface area contributed by atoms with E-state index >= 15 is 0 Å². The highest BCUT2D eigenvalue weighted by molar-refractivity contribution is 7.99. The molecule has 0 aliphatic heterocycles. The van der Waals surface area contributed by atoms with Crippen LogP contribution in [0.1, 0.15) is 15.9 Å². The predicted molar refractivity (Wildman–Crippen MR) is 80.9 cm³/mol. The molecule has 21 heavy (non-hydrogen) atoms. The number of aromatic carboxylic acids is 1. The maximum absolute atomic E-state index is 10.7. The lowest BCUT2D eigenvalue weighted by molar-refractivity contribution is -0.384. The summed E-state index contributed by atoms with van der Waals surface area (Å²) in [6.07, 6.45) is 0.795. The van der Waals surface area contributed by atoms with Crippen molar-refractivity contribution in [3.8, 4) is 0 Å². The molecule has 0 radical (unpaired) electrons. The smallest absolute Gasteiger partial charge is 0.335 e. The third kappa shape index (κ3) is 4.32. The molecule has 2 rings (SSSR count). The molecule has 0 fully saturated rings. The fourth-order valence-electron chi connectivity index (χ4n) is 1.76. The zero-order chi connectivity index (χ0) is 15.2. The second kappa shape index (κ2) is 6.90. The van der Waals surface area contributed by atoms with Gasteiger partial charge in [0.1, 0.15) is 0 Å². The summed E-state index contributed by atoms with van der Waals surface area (Å²) in [5.74, 6) is -0.109. The molecule has 0 bridgehead atoms. The van der Waals surface area contributed by atoms with Gasteiger partial charge in [-0.15, -0.1) is 11.8 Å². The molecule has 2 aromatic rings. The maximum atomic E-state index is 10.7. The van der Waals surface area contributed by atoms with Crippen LogP contribution in [0.2, 0.25) is 0 Å². The van der Waals surface area contributed by atoms with Gasteiger partial charge in [-0.25, -0.2) is 4.79 Å². The average Bonchev–Trinajstić information content (AvgIpc) is 2.48. The first kappa shape index (κ1) is 15.1. The molecule has 0 saturated carbocycles. The van der Waals surface area contributed by atoms with Gasteiger partial charge >= 0.3 is 5.97 Å². The van der Waals surface area contributed by atoms with Crippen LogP contribution in [0.3, 0.4) is 0 Å². The van der Waals surface area contributed by atoms with Crippen molar-refractivity contribution in [1.82, 2.24) is 0 Å². The fraction of sp³-hybridized carbons (Fsp3) is 0.133. The summed E-state index contributed by atoms with van der Waals surface area (Å²) >= 11 is 1.62. The molecule has 0 saturated heterocycles. The monoisotopic (exact) mass is 303 g/mol. The van der Waals surface area contributed by atoms with Gasteiger partial charge in [0.25, 0.3) is 5.69 Å². The van der Waals surface area contributed by atoms with Gasteiger partial charge in [0.05, 0.1) is 10.5 Å². The van der Waals surface area contributed by atoms with Gasteiger partial charge in [-0.1, -0.05) is 12.1 Å². The van der Waals surface area contributed by atoms with Gasteiger partial charge in [-0.05, 0) is 36.2 Å². The third-order valence-electron chi connectivity index (χ3n) is 2.91. The summed E-state index contributed by atoms with van der Waals surface area (Å²) in [4.78, 5) is 21.9. The molecule has 0 atom stereocenters. The number of benzene rings is 2. The van der Waals surface area contributed by atoms with E-state index in [-0.39, 0.29) is 11.3 Å². The van der Waals surface area contributed by atoms with Crippen LogP contribution < -0.4 is 0 Å². The number of carboxylic acids is 1. The molecule has 0 aliphatic carbocycles. The summed E-state index contributed by atoms with van der Waals surface area (Å²) in [6, 6.07) is 13.2. The van der Waals surface area contributed by atoms with Crippen molar-refractivity contribution in [3.63, 3.8) is 0 Å². The number of carboxylic acid groups (broad SMARTS) is 1. The van der Waals surface area contributed by atoms with Crippen LogP contribution in [-0.2, 0) is 6.42 Å². The highest BCUT2D eigenvalue weighted by Crippen LogP contribution is 2.20. The van der Waals surface area contributed by atoms with Crippen LogP contribution in [-0.4, -0.2) is 21.8 Å². The van der Waals surface area contributed by atoms with E-state index in [1.54, 1.807) is 48.2 Å². The van der Waals surface area contributed by atoms with Gasteiger partial charge in [-0.2, -0.15) is 0 Å². The molecule has 6 heteroatoms. The van der Waals surface area contributed by atoms with Crippen molar-refractivity contribution < 1.29 is 14.8 Å². The van der Waals surface area contributed by atoms with Crippen molar-refractivity contribution >= 4 is 23.4 Å². The normalized spacial score (nSPS) is 10.3. The Morgan fingerprint density at radius 1 is 1.10 bits per heavy atom. The average molecular weight is 303 g/mol. The van der Waals surface area contributed by atoms with Gasteiger partial charge in [0.2, 0.25) is 0 Å². The number of nitro groups is 1. The van der Waals surface area contributed by atoms with Crippen LogP contribution in [0.5, 0.6) is 0 Å². The molecule has 5 nitrogen and oxygen atoms in total. The Bertz CT molecular complexity index is 580. The second-order valence-corrected chi connectivity index (χ2v) is 5.52. The van der Waals surface area contributed by atoms with E-state index in [1.807, 2.05) is 0 Å². The highest BCUT2D eigenvalue weighted by atomic mass is 32.2. The predicted octanol–water partition coefficient (Wildman–Crippen LogP) is 3.63. The van der Waals surface area contributed by atoms with E-state index in [9.17, 15) is 14.9 Å². The van der Waals surface area contributed by atoms with Crippen molar-refractivity contribution in [3.05, 3.63) is 69.8 Å². The van der Waals surface area contributed by atoms with Crippen LogP contribution >= 0.6 is 11.8 Å². The van der Waals surface area contributed by atoms with E-state index in [0.717, 1.165) is 22.6 Å². The number of hydrogen-bond acceptors (Lipinski definition) is 4. The quantitative estimate of drug-likeness (QED) is 0.500. The molecular formula is C15H13NO4S. The largest absolute Gasteiger partial charge is 0.478 e. The zero-order valence-corrected chi connectivity index (χ0v) is 11.9. The summed E-state index contributed by atoms with van der Waals surface area (Å²) in [7, 11) is 0. The van der Waals surface area contributed by atoms with E-state index in [0.29, 0.717) is 0 Å². The standard InChI is InChI=1S/C15H13NO4S/c17-15(18)12-3-7-14(8-4-12)21-10-9-11-1-5-13(6-2-11)16(19)20/h1-8H,9-10H2,(H,17,18). The molecule has 0 aromatic heterocycles. The number of non-ortho nitro benzene ring substituents is 1. The summed E-state index contributed by atoms with van der Waals surface area (Å²) in [6.45, 7) is 0. The molecule has 2 aromatic carbocycles. The van der Waals surface area contributed by atoms with E-state index < -0.39 is 10.9 Å². The molecular weight excluding hydrogens is 290 g/mol. The number of nitro benzene ring substituents is 1. The number of aryl methyl sites for hydroxylation is 1. The minimum absolute atomic E-state index is 0.0932. The van der Waals surface area contributed by atoms with Gasteiger partial charge in [0.15, 0.2) is 0 Å². The lowest BCUT2D eigenvalue weighted by atomic mass is 10.1. The molecule has 0 aliphatic rings. The Labute approximate surface area is 125 Å². The SMILES string of the molecule is O=C(O)c1ccc(SCCc2ccc([N+](=O)[O-])cc2)cc1. The maximum Gasteiger partial charge on any atom is 0.335 e. The van der Waals surface area contributed by atoms with Gasteiger partial charge in [0, 0.05) is 22.8 Å². The summed E-state index contributed by atoms with van der Waals surface area (Å²) in [5, 5.41) is 19.4. The molecule has 108 valence electrons. The first-order chi connectivity index (χ1) is 10.1. The van der Waals surface area contributed by atoms with Crippen LogP contribution in [0.4, 0.5) is 5.69 Å². The van der Waals surface area contributed by atoms with E-state index in [2.05, 4.69) is 0 Å². The molecule has 0 amide bonds. The number of carbonyl (C=O) groups is 1. The van der Waals surface area contributed by atoms with Gasteiger partial charge < -0.3 is 5.11 Å². The second-order valence-electron chi connectivity index (χ2n) is 4.35. The minimum atomic E-state index is -0.933. The van der Waals surface area contributed by atoms with E-state index in [4.69, 9.17) is 5.11 Å². The van der Waals surface area contributed by atoms with Crippen molar-refractivity contribution in [2.24, 2.45) is 0 Å². The first-order valence-corrected chi connectivity index (χ1v) is 7.24. The lowest BCUT2D eigenvalue weighted by Crippen LogP contribution is -1.95. The summed E-state index contributed by atoms with van der Waals surface area (Å²) in [5.41, 5.74) is 1.40. The topological polar surface area (TPSA) is 80.4 Å². The third-order valence-corrected chi connectivity index (χ3v) is 3.92. The molecule has 0 heterocycles. The fourth-order valence-corrected chi connectivity index (χ4v) is 2.67. The first-order valence-electron chi connectivity index (χ1n) is 6.26. The Morgan fingerprint density at radius 2 is 1.71 bits per heavy atom. The Morgan fingerprint density at radius 3 is 2.24 bits per heavy atom. The van der Waals surface area contributed by atoms with Crippen molar-refractivity contribution in [1.29, 1.82) is 0 Å². The molecule has 1 N–H and O–H groups in total. The minimum Gasteiger partial charge on any atom is -0.478 e. The lowest BCUT2D eigenvalue weighted by Gasteiger charge is -2.03. The summed E-state index contributed by atoms with van der Waals surface area (Å²) < 4.78 is 0. The van der Waals surface area contributed by atoms with Crippen LogP contribution in [0.25, 0.3) is 0 Å². The van der Waals surface area contributed by atoms with Crippen molar-refractivity contribution in [2.75, 3.05) is 5.75 Å². The Balaban J connectivity index is 1.86. The number of hydrogen-bond donors (Lipinski definition) is 1. The zero-order valence-electron chi connectivity index (χ0n) is 11.1.